The smallest absolute Gasteiger partial charge is 0.0446 e. The summed E-state index contributed by atoms with van der Waals surface area (Å²) in [7, 11) is 0. The van der Waals surface area contributed by atoms with Crippen molar-refractivity contribution < 1.29 is 9.90 Å². The highest BCUT2D eigenvalue weighted by Crippen LogP contribution is 2.35. The lowest BCUT2D eigenvalue weighted by Gasteiger charge is -2.08. The third-order valence-corrected chi connectivity index (χ3v) is 4.48. The van der Waals surface area contributed by atoms with E-state index in [9.17, 15) is 9.90 Å². The number of carbonyl (C=O) groups is 1. The van der Waals surface area contributed by atoms with Crippen molar-refractivity contribution in [3.63, 3.8) is 0 Å². The zero-order chi connectivity index (χ0) is 7.72. The van der Waals surface area contributed by atoms with Crippen LogP contribution in [0.4, 0.5) is 0 Å². The molecule has 0 heterocycles. The largest absolute Gasteiger partial charge is 0.550 e. The first-order valence-corrected chi connectivity index (χ1v) is 4.93. The molecule has 58 valence electrons. The fourth-order valence-electron chi connectivity index (χ4n) is 1.13. The second-order valence-corrected chi connectivity index (χ2v) is 4.87. The van der Waals surface area contributed by atoms with Gasteiger partial charge in [-0.05, 0) is 12.8 Å². The Morgan fingerprint density at radius 1 is 1.30 bits per heavy atom. The Labute approximate surface area is 76.2 Å². The van der Waals surface area contributed by atoms with Crippen molar-refractivity contribution >= 4 is 37.8 Å². The molecule has 4 heteroatoms. The van der Waals surface area contributed by atoms with Crippen molar-refractivity contribution in [1.29, 1.82) is 0 Å². The summed E-state index contributed by atoms with van der Waals surface area (Å²) in [6.45, 7) is 0. The van der Waals surface area contributed by atoms with Crippen molar-refractivity contribution in [3.8, 4) is 0 Å². The minimum atomic E-state index is -0.925. The Bertz CT molecular complexity index is 139. The number of hydrogen-bond donors (Lipinski definition) is 0. The summed E-state index contributed by atoms with van der Waals surface area (Å²) >= 11 is 6.75. The van der Waals surface area contributed by atoms with Crippen LogP contribution >= 0.6 is 31.9 Å². The maximum Gasteiger partial charge on any atom is 0.0446 e. The normalized spacial score (nSPS) is 40.0. The average molecular weight is 271 g/mol. The molecule has 0 radical (unpaired) electrons. The van der Waals surface area contributed by atoms with Gasteiger partial charge in [0.15, 0.2) is 0 Å². The van der Waals surface area contributed by atoms with Crippen LogP contribution in [0.3, 0.4) is 0 Å². The van der Waals surface area contributed by atoms with Gasteiger partial charge in [-0.15, -0.1) is 0 Å². The third-order valence-electron chi connectivity index (χ3n) is 1.75. The molecule has 3 atom stereocenters. The van der Waals surface area contributed by atoms with Gasteiger partial charge in [0.05, 0.1) is 0 Å². The van der Waals surface area contributed by atoms with Gasteiger partial charge in [-0.1, -0.05) is 31.9 Å². The monoisotopic (exact) mass is 269 g/mol. The van der Waals surface area contributed by atoms with E-state index in [0.29, 0.717) is 12.8 Å². The predicted molar refractivity (Wildman–Crippen MR) is 43.2 cm³/mol. The first-order chi connectivity index (χ1) is 4.61. The number of rotatable bonds is 1. The van der Waals surface area contributed by atoms with Gasteiger partial charge in [0.2, 0.25) is 0 Å². The second kappa shape index (κ2) is 3.22. The Morgan fingerprint density at radius 2 is 1.70 bits per heavy atom. The number of hydrogen-bond acceptors (Lipinski definition) is 2. The summed E-state index contributed by atoms with van der Waals surface area (Å²) in [5.41, 5.74) is 0. The molecule has 1 saturated carbocycles. The van der Waals surface area contributed by atoms with Crippen LogP contribution in [0.15, 0.2) is 0 Å². The summed E-state index contributed by atoms with van der Waals surface area (Å²) in [4.78, 5) is 10.9. The van der Waals surface area contributed by atoms with E-state index >= 15 is 0 Å². The fourth-order valence-corrected chi connectivity index (χ4v) is 2.46. The van der Waals surface area contributed by atoms with Crippen molar-refractivity contribution in [2.45, 2.75) is 22.5 Å². The van der Waals surface area contributed by atoms with Crippen LogP contribution in [0.2, 0.25) is 0 Å². The van der Waals surface area contributed by atoms with Crippen LogP contribution in [0.25, 0.3) is 0 Å². The summed E-state index contributed by atoms with van der Waals surface area (Å²) in [6, 6.07) is 0. The molecule has 0 N–H and O–H groups in total. The zero-order valence-electron chi connectivity index (χ0n) is 5.22. The first kappa shape index (κ1) is 8.53. The molecule has 1 fully saturated rings. The highest BCUT2D eigenvalue weighted by molar-refractivity contribution is 9.12. The zero-order valence-corrected chi connectivity index (χ0v) is 8.39. The molecule has 0 aromatic carbocycles. The Morgan fingerprint density at radius 3 is 1.90 bits per heavy atom. The van der Waals surface area contributed by atoms with Crippen LogP contribution in [-0.2, 0) is 4.79 Å². The van der Waals surface area contributed by atoms with Gasteiger partial charge in [-0.3, -0.25) is 0 Å². The van der Waals surface area contributed by atoms with E-state index in [1.165, 1.54) is 0 Å². The topological polar surface area (TPSA) is 40.1 Å². The van der Waals surface area contributed by atoms with Crippen LogP contribution in [0, 0.1) is 5.92 Å². The highest BCUT2D eigenvalue weighted by atomic mass is 79.9. The standard InChI is InChI=1S/C6H8Br2O2/c7-4-1-3(6(9)10)2-5(4)8/h3-5H,1-2H2,(H,9,10)/p-1/t3?,4-,5+. The number of halogens is 2. The summed E-state index contributed by atoms with van der Waals surface area (Å²) < 4.78 is 0. The van der Waals surface area contributed by atoms with Crippen LogP contribution < -0.4 is 5.11 Å². The van der Waals surface area contributed by atoms with Gasteiger partial charge in [0.25, 0.3) is 0 Å². The van der Waals surface area contributed by atoms with Crippen molar-refractivity contribution in [3.05, 3.63) is 0 Å². The molecule has 1 aliphatic carbocycles. The molecule has 0 spiro atoms. The Balaban J connectivity index is 2.49. The minimum absolute atomic E-state index is 0.270. The summed E-state index contributed by atoms with van der Waals surface area (Å²) in [5, 5.41) is 10.3. The van der Waals surface area contributed by atoms with Gasteiger partial charge in [0, 0.05) is 21.5 Å². The molecule has 2 nitrogen and oxygen atoms in total. The lowest BCUT2D eigenvalue weighted by Crippen LogP contribution is -2.29. The summed E-state index contributed by atoms with van der Waals surface area (Å²) in [5.74, 6) is -1.19. The van der Waals surface area contributed by atoms with Crippen molar-refractivity contribution in [1.82, 2.24) is 0 Å². The first-order valence-electron chi connectivity index (χ1n) is 3.10. The maximum absolute atomic E-state index is 10.3. The number of carboxylic acid groups (broad SMARTS) is 1. The SMILES string of the molecule is O=C([O-])C1C[C@@H](Br)[C@@H](Br)C1. The number of aliphatic carboxylic acids is 1. The van der Waals surface area contributed by atoms with Crippen molar-refractivity contribution in [2.24, 2.45) is 5.92 Å². The van der Waals surface area contributed by atoms with E-state index in [2.05, 4.69) is 31.9 Å². The van der Waals surface area contributed by atoms with Crippen molar-refractivity contribution in [2.75, 3.05) is 0 Å². The van der Waals surface area contributed by atoms with E-state index < -0.39 is 5.97 Å². The third kappa shape index (κ3) is 1.72. The van der Waals surface area contributed by atoms with Crippen LogP contribution in [0.5, 0.6) is 0 Å². The molecule has 0 aliphatic heterocycles. The number of alkyl halides is 2. The van der Waals surface area contributed by atoms with Gasteiger partial charge in [0.1, 0.15) is 0 Å². The van der Waals surface area contributed by atoms with E-state index in [1.54, 1.807) is 0 Å². The molecule has 1 rings (SSSR count). The van der Waals surface area contributed by atoms with Crippen LogP contribution in [-0.4, -0.2) is 15.6 Å². The van der Waals surface area contributed by atoms with E-state index in [4.69, 9.17) is 0 Å². The van der Waals surface area contributed by atoms with Crippen LogP contribution in [0.1, 0.15) is 12.8 Å². The predicted octanol–water partition coefficient (Wildman–Crippen LogP) is 0.673. The van der Waals surface area contributed by atoms with Gasteiger partial charge >= 0.3 is 0 Å². The van der Waals surface area contributed by atoms with Gasteiger partial charge in [-0.25, -0.2) is 0 Å². The van der Waals surface area contributed by atoms with E-state index in [0.717, 1.165) is 0 Å². The molecule has 10 heavy (non-hydrogen) atoms. The molecule has 0 aromatic rings. The maximum atomic E-state index is 10.3. The molecule has 0 bridgehead atoms. The summed E-state index contributed by atoms with van der Waals surface area (Å²) in [6.07, 6.45) is 1.36. The molecule has 0 saturated heterocycles. The molecular formula is C6H7Br2O2-. The van der Waals surface area contributed by atoms with Gasteiger partial charge < -0.3 is 9.90 Å². The second-order valence-electron chi connectivity index (χ2n) is 2.52. The lowest BCUT2D eigenvalue weighted by atomic mass is 10.1. The number of carbonyl (C=O) groups excluding carboxylic acids is 1. The molecule has 0 amide bonds. The molecule has 0 aromatic heterocycles. The lowest BCUT2D eigenvalue weighted by molar-refractivity contribution is -0.311. The highest BCUT2D eigenvalue weighted by Gasteiger charge is 2.31. The minimum Gasteiger partial charge on any atom is -0.550 e. The van der Waals surface area contributed by atoms with E-state index in [1.807, 2.05) is 0 Å². The quantitative estimate of drug-likeness (QED) is 0.658. The molecule has 1 aliphatic rings. The van der Waals surface area contributed by atoms with E-state index in [-0.39, 0.29) is 15.6 Å². The Kier molecular flexibility index (Phi) is 2.74. The Hall–Kier alpha value is 0.430. The van der Waals surface area contributed by atoms with Gasteiger partial charge in [-0.2, -0.15) is 0 Å². The molecule has 1 unspecified atom stereocenters. The number of carboxylic acids is 1. The fraction of sp³-hybridized carbons (Fsp3) is 0.833. The molecular weight excluding hydrogens is 264 g/mol. The average Bonchev–Trinajstić information content (AvgIpc) is 2.13.